The zero-order chi connectivity index (χ0) is 21.4. The number of fused-ring (bicyclic) bond motifs is 1. The Bertz CT molecular complexity index is 858. The van der Waals surface area contributed by atoms with Gasteiger partial charge in [-0.2, -0.15) is 0 Å². The van der Waals surface area contributed by atoms with E-state index in [0.29, 0.717) is 0 Å². The Kier molecular flexibility index (Phi) is 8.19. The molecule has 0 aliphatic rings. The number of carbonyl (C=O) groups is 3. The van der Waals surface area contributed by atoms with Gasteiger partial charge in [0.25, 0.3) is 5.91 Å². The molecule has 0 fully saturated rings. The van der Waals surface area contributed by atoms with E-state index in [9.17, 15) is 14.4 Å². The molecule has 6 heteroatoms. The third-order valence-electron chi connectivity index (χ3n) is 4.83. The van der Waals surface area contributed by atoms with Crippen LogP contribution in [-0.4, -0.2) is 36.5 Å². The minimum absolute atomic E-state index is 0.0162. The second-order valence-corrected chi connectivity index (χ2v) is 7.59. The van der Waals surface area contributed by atoms with Crippen LogP contribution in [0.5, 0.6) is 0 Å². The molecule has 2 rings (SSSR count). The molecule has 0 bridgehead atoms. The largest absolute Gasteiger partial charge is 0.454 e. The minimum atomic E-state index is -0.811. The van der Waals surface area contributed by atoms with Crippen LogP contribution < -0.4 is 10.6 Å². The van der Waals surface area contributed by atoms with Crippen LogP contribution in [0.1, 0.15) is 39.7 Å². The standard InChI is InChI=1S/C23H30N2O4/c1-5-16(4)24-21(27)14-29-23(28)22(15(2)3)25-20(26)13-18-11-8-10-17-9-6-7-12-19(17)18/h6-12,15-16,22H,5,13-14H2,1-4H3,(H,24,27)(H,25,26)/t16-,22-/m0/s1. The lowest BCUT2D eigenvalue weighted by Crippen LogP contribution is -2.47. The molecule has 0 aromatic heterocycles. The Hall–Kier alpha value is -2.89. The number of rotatable bonds is 9. The third-order valence-corrected chi connectivity index (χ3v) is 4.83. The van der Waals surface area contributed by atoms with Crippen LogP contribution in [0.3, 0.4) is 0 Å². The number of hydrogen-bond acceptors (Lipinski definition) is 4. The highest BCUT2D eigenvalue weighted by Gasteiger charge is 2.26. The Morgan fingerprint density at radius 2 is 1.62 bits per heavy atom. The summed E-state index contributed by atoms with van der Waals surface area (Å²) in [5.41, 5.74) is 0.893. The van der Waals surface area contributed by atoms with Crippen molar-refractivity contribution >= 4 is 28.6 Å². The molecule has 0 aliphatic carbocycles. The van der Waals surface area contributed by atoms with Crippen LogP contribution in [0.2, 0.25) is 0 Å². The molecule has 0 radical (unpaired) electrons. The maximum absolute atomic E-state index is 12.6. The van der Waals surface area contributed by atoms with Crippen LogP contribution in [0.4, 0.5) is 0 Å². The summed E-state index contributed by atoms with van der Waals surface area (Å²) >= 11 is 0. The molecule has 2 N–H and O–H groups in total. The van der Waals surface area contributed by atoms with E-state index < -0.39 is 12.0 Å². The van der Waals surface area contributed by atoms with E-state index >= 15 is 0 Å². The molecule has 2 aromatic carbocycles. The van der Waals surface area contributed by atoms with Crippen LogP contribution in [0.25, 0.3) is 10.8 Å². The summed E-state index contributed by atoms with van der Waals surface area (Å²) in [6.45, 7) is 7.12. The number of benzene rings is 2. The SMILES string of the molecule is CC[C@H](C)NC(=O)COC(=O)[C@@H](NC(=O)Cc1cccc2ccccc12)C(C)C. The predicted octanol–water partition coefficient (Wildman–Crippen LogP) is 2.98. The lowest BCUT2D eigenvalue weighted by atomic mass is 10.0. The van der Waals surface area contributed by atoms with Crippen molar-refractivity contribution < 1.29 is 19.1 Å². The zero-order valence-corrected chi connectivity index (χ0v) is 17.5. The molecule has 29 heavy (non-hydrogen) atoms. The van der Waals surface area contributed by atoms with Gasteiger partial charge in [-0.25, -0.2) is 4.79 Å². The number of amides is 2. The van der Waals surface area contributed by atoms with Crippen molar-refractivity contribution in [2.24, 2.45) is 5.92 Å². The van der Waals surface area contributed by atoms with Crippen molar-refractivity contribution in [2.45, 2.75) is 52.6 Å². The van der Waals surface area contributed by atoms with Crippen molar-refractivity contribution in [1.29, 1.82) is 0 Å². The monoisotopic (exact) mass is 398 g/mol. The summed E-state index contributed by atoms with van der Waals surface area (Å²) in [5, 5.41) is 7.57. The van der Waals surface area contributed by atoms with Crippen molar-refractivity contribution in [3.8, 4) is 0 Å². The maximum atomic E-state index is 12.6. The molecule has 2 aromatic rings. The van der Waals surface area contributed by atoms with Crippen molar-refractivity contribution in [1.82, 2.24) is 10.6 Å². The van der Waals surface area contributed by atoms with Crippen molar-refractivity contribution in [3.63, 3.8) is 0 Å². The van der Waals surface area contributed by atoms with Crippen molar-refractivity contribution in [2.75, 3.05) is 6.61 Å². The smallest absolute Gasteiger partial charge is 0.329 e. The quantitative estimate of drug-likeness (QED) is 0.636. The van der Waals surface area contributed by atoms with Crippen LogP contribution >= 0.6 is 0 Å². The van der Waals surface area contributed by atoms with Gasteiger partial charge in [-0.15, -0.1) is 0 Å². The highest BCUT2D eigenvalue weighted by molar-refractivity contribution is 5.92. The van der Waals surface area contributed by atoms with Crippen molar-refractivity contribution in [3.05, 3.63) is 48.0 Å². The molecular weight excluding hydrogens is 368 g/mol. The molecular formula is C23H30N2O4. The molecule has 0 saturated heterocycles. The number of carbonyl (C=O) groups excluding carboxylic acids is 3. The molecule has 0 unspecified atom stereocenters. The van der Waals surface area contributed by atoms with E-state index in [1.54, 1.807) is 0 Å². The summed E-state index contributed by atoms with van der Waals surface area (Å²) in [4.78, 5) is 36.8. The Morgan fingerprint density at radius 1 is 0.931 bits per heavy atom. The van der Waals surface area contributed by atoms with Gasteiger partial charge >= 0.3 is 5.97 Å². The van der Waals surface area contributed by atoms with Gasteiger partial charge in [0.05, 0.1) is 6.42 Å². The molecule has 0 spiro atoms. The first-order valence-corrected chi connectivity index (χ1v) is 10.0. The maximum Gasteiger partial charge on any atom is 0.329 e. The van der Waals surface area contributed by atoms with Gasteiger partial charge in [0.2, 0.25) is 5.91 Å². The second-order valence-electron chi connectivity index (χ2n) is 7.59. The van der Waals surface area contributed by atoms with Crippen LogP contribution in [0, 0.1) is 5.92 Å². The highest BCUT2D eigenvalue weighted by atomic mass is 16.5. The van der Waals surface area contributed by atoms with E-state index in [1.807, 2.05) is 70.2 Å². The molecule has 0 saturated carbocycles. The average Bonchev–Trinajstić information content (AvgIpc) is 2.70. The molecule has 156 valence electrons. The average molecular weight is 399 g/mol. The molecule has 0 heterocycles. The van der Waals surface area contributed by atoms with E-state index in [1.165, 1.54) is 0 Å². The van der Waals surface area contributed by atoms with Gasteiger partial charge in [0.1, 0.15) is 6.04 Å². The van der Waals surface area contributed by atoms with E-state index in [-0.39, 0.29) is 36.8 Å². The molecule has 2 atom stereocenters. The fourth-order valence-electron chi connectivity index (χ4n) is 2.99. The second kappa shape index (κ2) is 10.6. The van der Waals surface area contributed by atoms with Gasteiger partial charge < -0.3 is 15.4 Å². The Labute approximate surface area is 172 Å². The third kappa shape index (κ3) is 6.59. The summed E-state index contributed by atoms with van der Waals surface area (Å²) in [6, 6.07) is 12.9. The number of ether oxygens (including phenoxy) is 1. The normalized spacial score (nSPS) is 13.0. The molecule has 0 aliphatic heterocycles. The van der Waals surface area contributed by atoms with E-state index in [2.05, 4.69) is 10.6 Å². The van der Waals surface area contributed by atoms with E-state index in [4.69, 9.17) is 4.74 Å². The van der Waals surface area contributed by atoms with Gasteiger partial charge in [0.15, 0.2) is 6.61 Å². The van der Waals surface area contributed by atoms with Crippen LogP contribution in [0.15, 0.2) is 42.5 Å². The number of hydrogen-bond donors (Lipinski definition) is 2. The minimum Gasteiger partial charge on any atom is -0.454 e. The molecule has 2 amide bonds. The Balaban J connectivity index is 1.97. The highest BCUT2D eigenvalue weighted by Crippen LogP contribution is 2.19. The van der Waals surface area contributed by atoms with Gasteiger partial charge in [-0.3, -0.25) is 9.59 Å². The summed E-state index contributed by atoms with van der Waals surface area (Å²) < 4.78 is 5.13. The van der Waals surface area contributed by atoms with Crippen LogP contribution in [-0.2, 0) is 25.5 Å². The summed E-state index contributed by atoms with van der Waals surface area (Å²) in [6.07, 6.45) is 0.949. The zero-order valence-electron chi connectivity index (χ0n) is 17.5. The first-order valence-electron chi connectivity index (χ1n) is 10.0. The van der Waals surface area contributed by atoms with Gasteiger partial charge in [-0.1, -0.05) is 63.2 Å². The fourth-order valence-corrected chi connectivity index (χ4v) is 2.99. The molecule has 6 nitrogen and oxygen atoms in total. The first-order chi connectivity index (χ1) is 13.8. The van der Waals surface area contributed by atoms with Gasteiger partial charge in [-0.05, 0) is 35.6 Å². The first kappa shape index (κ1) is 22.4. The topological polar surface area (TPSA) is 84.5 Å². The number of esters is 1. The fraction of sp³-hybridized carbons (Fsp3) is 0.435. The Morgan fingerprint density at radius 3 is 2.31 bits per heavy atom. The summed E-state index contributed by atoms with van der Waals surface area (Å²) in [5.74, 6) is -1.39. The predicted molar refractivity (Wildman–Crippen MR) is 113 cm³/mol. The summed E-state index contributed by atoms with van der Waals surface area (Å²) in [7, 11) is 0. The van der Waals surface area contributed by atoms with E-state index in [0.717, 1.165) is 22.8 Å². The van der Waals surface area contributed by atoms with Gasteiger partial charge in [0, 0.05) is 6.04 Å². The lowest BCUT2D eigenvalue weighted by Gasteiger charge is -2.21. The number of nitrogens with one attached hydrogen (secondary N) is 2. The lowest BCUT2D eigenvalue weighted by molar-refractivity contribution is -0.152.